The second kappa shape index (κ2) is 13.2. The van der Waals surface area contributed by atoms with Gasteiger partial charge in [0.25, 0.3) is 0 Å². The minimum atomic E-state index is -1.43. The van der Waals surface area contributed by atoms with Crippen LogP contribution in [0.25, 0.3) is 0 Å². The number of nitrogens with one attached hydrogen (secondary N) is 2. The van der Waals surface area contributed by atoms with Crippen molar-refractivity contribution in [1.29, 1.82) is 0 Å². The molecule has 1 heterocycles. The van der Waals surface area contributed by atoms with Crippen LogP contribution in [-0.2, 0) is 16.0 Å². The van der Waals surface area contributed by atoms with Gasteiger partial charge in [-0.25, -0.2) is 17.6 Å². The summed E-state index contributed by atoms with van der Waals surface area (Å²) in [6, 6.07) is 0.182. The summed E-state index contributed by atoms with van der Waals surface area (Å²) in [5.41, 5.74) is -0.713. The van der Waals surface area contributed by atoms with E-state index >= 15 is 0 Å². The van der Waals surface area contributed by atoms with Gasteiger partial charge in [-0.2, -0.15) is 0 Å². The third-order valence-electron chi connectivity index (χ3n) is 4.31. The van der Waals surface area contributed by atoms with E-state index in [0.29, 0.717) is 32.1 Å². The van der Waals surface area contributed by atoms with Crippen LogP contribution in [0.5, 0.6) is 0 Å². The molecule has 2 rings (SSSR count). The van der Waals surface area contributed by atoms with E-state index < -0.39 is 35.4 Å². The molecule has 160 valence electrons. The van der Waals surface area contributed by atoms with Crippen molar-refractivity contribution < 1.29 is 27.0 Å². The lowest BCUT2D eigenvalue weighted by molar-refractivity contribution is 0.0203. The highest BCUT2D eigenvalue weighted by Gasteiger charge is 2.19. The zero-order valence-corrected chi connectivity index (χ0v) is 18.0. The van der Waals surface area contributed by atoms with E-state index in [1.54, 1.807) is 0 Å². The zero-order valence-electron chi connectivity index (χ0n) is 15.7. The van der Waals surface area contributed by atoms with Crippen LogP contribution in [0.15, 0.2) is 11.1 Å². The van der Waals surface area contributed by atoms with Crippen molar-refractivity contribution in [2.45, 2.75) is 25.8 Å². The normalized spacial score (nSPS) is 15.2. The predicted octanol–water partition coefficient (Wildman–Crippen LogP) is 3.36. The molecule has 0 unspecified atom stereocenters. The summed E-state index contributed by atoms with van der Waals surface area (Å²) < 4.78 is 64.6. The van der Waals surface area contributed by atoms with Crippen LogP contribution in [0.3, 0.4) is 0 Å². The molecule has 0 atom stereocenters. The fourth-order valence-electron chi connectivity index (χ4n) is 2.71. The highest BCUT2D eigenvalue weighted by Crippen LogP contribution is 2.19. The molecular weight excluding hydrogens is 493 g/mol. The quantitative estimate of drug-likeness (QED) is 0.138. The number of guanidine groups is 1. The van der Waals surface area contributed by atoms with E-state index in [-0.39, 0.29) is 36.0 Å². The van der Waals surface area contributed by atoms with E-state index in [0.717, 1.165) is 26.1 Å². The number of rotatable bonds is 8. The standard InChI is InChI=1S/C18H25F4N3O2.HI/c1-23-18(24-5-2-6-27-11-12-3-7-26-8-4-12)25-10-13-16(21)14(19)9-15(20)17(13)22;/h9,12H,2-8,10-11H2,1H3,(H2,23,24,25);1H. The first-order chi connectivity index (χ1) is 13.0. The van der Waals surface area contributed by atoms with Gasteiger partial charge >= 0.3 is 0 Å². The highest BCUT2D eigenvalue weighted by atomic mass is 127. The van der Waals surface area contributed by atoms with E-state index in [1.165, 1.54) is 7.05 Å². The lowest BCUT2D eigenvalue weighted by Gasteiger charge is -2.21. The first-order valence-electron chi connectivity index (χ1n) is 8.94. The van der Waals surface area contributed by atoms with Crippen LogP contribution < -0.4 is 10.6 Å². The van der Waals surface area contributed by atoms with Crippen molar-refractivity contribution in [1.82, 2.24) is 10.6 Å². The van der Waals surface area contributed by atoms with Gasteiger partial charge in [0.2, 0.25) is 0 Å². The van der Waals surface area contributed by atoms with Gasteiger partial charge in [-0.15, -0.1) is 24.0 Å². The molecule has 0 radical (unpaired) electrons. The van der Waals surface area contributed by atoms with E-state index in [9.17, 15) is 17.6 Å². The molecular formula is C18H26F4IN3O2. The molecule has 1 saturated heterocycles. The van der Waals surface area contributed by atoms with Gasteiger partial charge in [-0.3, -0.25) is 4.99 Å². The predicted molar refractivity (Wildman–Crippen MR) is 109 cm³/mol. The third kappa shape index (κ3) is 7.70. The molecule has 0 aromatic heterocycles. The van der Waals surface area contributed by atoms with E-state index in [1.807, 2.05) is 0 Å². The fraction of sp³-hybridized carbons (Fsp3) is 0.611. The second-order valence-corrected chi connectivity index (χ2v) is 6.28. The third-order valence-corrected chi connectivity index (χ3v) is 4.31. The summed E-state index contributed by atoms with van der Waals surface area (Å²) >= 11 is 0. The van der Waals surface area contributed by atoms with Gasteiger partial charge in [-0.05, 0) is 25.2 Å². The maximum absolute atomic E-state index is 13.6. The molecule has 0 amide bonds. The zero-order chi connectivity index (χ0) is 19.6. The Morgan fingerprint density at radius 2 is 1.79 bits per heavy atom. The van der Waals surface area contributed by atoms with Crippen LogP contribution in [0.1, 0.15) is 24.8 Å². The van der Waals surface area contributed by atoms with Crippen LogP contribution >= 0.6 is 24.0 Å². The van der Waals surface area contributed by atoms with Gasteiger partial charge in [-0.1, -0.05) is 0 Å². The monoisotopic (exact) mass is 519 g/mol. The molecule has 5 nitrogen and oxygen atoms in total. The average molecular weight is 519 g/mol. The van der Waals surface area contributed by atoms with Crippen LogP contribution in [0.2, 0.25) is 0 Å². The maximum Gasteiger partial charge on any atom is 0.191 e. The Balaban J connectivity index is 0.00000392. The molecule has 1 aliphatic heterocycles. The van der Waals surface area contributed by atoms with Crippen molar-refractivity contribution in [2.75, 3.05) is 40.0 Å². The Labute approximate surface area is 179 Å². The Morgan fingerprint density at radius 3 is 2.39 bits per heavy atom. The first-order valence-corrected chi connectivity index (χ1v) is 8.94. The first kappa shape index (κ1) is 24.9. The Morgan fingerprint density at radius 1 is 1.14 bits per heavy atom. The lowest BCUT2D eigenvalue weighted by atomic mass is 10.0. The van der Waals surface area contributed by atoms with Gasteiger partial charge in [0.05, 0.1) is 0 Å². The van der Waals surface area contributed by atoms with Crippen molar-refractivity contribution in [3.8, 4) is 0 Å². The SMILES string of the molecule is CN=C(NCCCOCC1CCOCC1)NCc1c(F)c(F)cc(F)c1F.I. The van der Waals surface area contributed by atoms with E-state index in [2.05, 4.69) is 15.6 Å². The smallest absolute Gasteiger partial charge is 0.191 e. The minimum absolute atomic E-state index is 0. The van der Waals surface area contributed by atoms with E-state index in [4.69, 9.17) is 9.47 Å². The molecule has 1 aromatic carbocycles. The largest absolute Gasteiger partial charge is 0.381 e. The van der Waals surface area contributed by atoms with Crippen LogP contribution in [0.4, 0.5) is 17.6 Å². The number of hydrogen-bond acceptors (Lipinski definition) is 3. The summed E-state index contributed by atoms with van der Waals surface area (Å²) in [6.07, 6.45) is 2.74. The number of hydrogen-bond donors (Lipinski definition) is 2. The molecule has 0 saturated carbocycles. The highest BCUT2D eigenvalue weighted by molar-refractivity contribution is 14.0. The summed E-state index contributed by atoms with van der Waals surface area (Å²) in [5, 5.41) is 5.59. The van der Waals surface area contributed by atoms with Gasteiger partial charge in [0, 0.05) is 58.2 Å². The van der Waals surface area contributed by atoms with Crippen molar-refractivity contribution in [2.24, 2.45) is 10.9 Å². The Kier molecular flexibility index (Phi) is 11.7. The summed E-state index contributed by atoms with van der Waals surface area (Å²) in [6.45, 7) is 2.93. The Bertz CT molecular complexity index is 617. The van der Waals surface area contributed by atoms with Crippen molar-refractivity contribution in [3.05, 3.63) is 34.9 Å². The molecule has 1 aromatic rings. The molecule has 10 heteroatoms. The number of benzene rings is 1. The van der Waals surface area contributed by atoms with Crippen LogP contribution in [-0.4, -0.2) is 46.0 Å². The minimum Gasteiger partial charge on any atom is -0.381 e. The molecule has 0 aliphatic carbocycles. The van der Waals surface area contributed by atoms with Crippen molar-refractivity contribution >= 4 is 29.9 Å². The topological polar surface area (TPSA) is 54.9 Å². The number of nitrogens with zero attached hydrogens (tertiary/aromatic N) is 1. The number of aliphatic imine (C=N–C) groups is 1. The Hall–Kier alpha value is -1.14. The summed E-state index contributed by atoms with van der Waals surface area (Å²) in [4.78, 5) is 3.91. The second-order valence-electron chi connectivity index (χ2n) is 6.28. The molecule has 1 fully saturated rings. The van der Waals surface area contributed by atoms with Gasteiger partial charge in [0.1, 0.15) is 0 Å². The molecule has 2 N–H and O–H groups in total. The van der Waals surface area contributed by atoms with Crippen molar-refractivity contribution in [3.63, 3.8) is 0 Å². The molecule has 0 bridgehead atoms. The molecule has 0 spiro atoms. The van der Waals surface area contributed by atoms with Gasteiger partial charge < -0.3 is 20.1 Å². The maximum atomic E-state index is 13.6. The molecule has 28 heavy (non-hydrogen) atoms. The number of ether oxygens (including phenoxy) is 2. The summed E-state index contributed by atoms with van der Waals surface area (Å²) in [5.74, 6) is -4.90. The summed E-state index contributed by atoms with van der Waals surface area (Å²) in [7, 11) is 1.48. The fourth-order valence-corrected chi connectivity index (χ4v) is 2.71. The molecule has 1 aliphatic rings. The van der Waals surface area contributed by atoms with Gasteiger partial charge in [0.15, 0.2) is 29.2 Å². The lowest BCUT2D eigenvalue weighted by Crippen LogP contribution is -2.38. The van der Waals surface area contributed by atoms with Crippen LogP contribution in [0, 0.1) is 29.2 Å². The average Bonchev–Trinajstić information content (AvgIpc) is 2.68. The number of halogens is 5.